The highest BCUT2D eigenvalue weighted by Gasteiger charge is 2.52. The van der Waals surface area contributed by atoms with Crippen molar-refractivity contribution in [2.24, 2.45) is 0 Å². The molecule has 17 heavy (non-hydrogen) atoms. The van der Waals surface area contributed by atoms with Crippen molar-refractivity contribution in [1.82, 2.24) is 14.3 Å². The van der Waals surface area contributed by atoms with E-state index < -0.39 is 16.3 Å². The van der Waals surface area contributed by atoms with E-state index in [0.717, 1.165) is 4.31 Å². The van der Waals surface area contributed by atoms with Crippen molar-refractivity contribution < 1.29 is 13.5 Å². The normalized spacial score (nSPS) is 28.5. The molecular weight excluding hydrogens is 242 g/mol. The Morgan fingerprint density at radius 2 is 2.24 bits per heavy atom. The van der Waals surface area contributed by atoms with Crippen molar-refractivity contribution in [3.63, 3.8) is 0 Å². The fourth-order valence-corrected chi connectivity index (χ4v) is 3.76. The molecule has 0 saturated carbocycles. The molecule has 3 heterocycles. The van der Waals surface area contributed by atoms with Gasteiger partial charge in [0.15, 0.2) is 0 Å². The molecule has 2 aromatic heterocycles. The molecule has 2 N–H and O–H groups in total. The molecule has 1 aliphatic heterocycles. The van der Waals surface area contributed by atoms with E-state index in [1.807, 2.05) is 0 Å². The monoisotopic (exact) mass is 253 g/mol. The van der Waals surface area contributed by atoms with E-state index >= 15 is 0 Å². The zero-order valence-corrected chi connectivity index (χ0v) is 9.85. The summed E-state index contributed by atoms with van der Waals surface area (Å²) < 4.78 is 25.5. The third-order valence-electron chi connectivity index (χ3n) is 2.97. The molecule has 3 rings (SSSR count). The third kappa shape index (κ3) is 1.40. The minimum atomic E-state index is -3.64. The van der Waals surface area contributed by atoms with Gasteiger partial charge in [0.1, 0.15) is 16.8 Å². The Kier molecular flexibility index (Phi) is 2.07. The van der Waals surface area contributed by atoms with Gasteiger partial charge in [-0.1, -0.05) is 0 Å². The second-order valence-corrected chi connectivity index (χ2v) is 5.85. The maximum atomic E-state index is 12.2. The minimum Gasteiger partial charge on any atom is -0.376 e. The number of pyridine rings is 1. The first-order valence-corrected chi connectivity index (χ1v) is 6.61. The number of fused-ring (bicyclic) bond motifs is 1. The van der Waals surface area contributed by atoms with Gasteiger partial charge in [-0.3, -0.25) is 0 Å². The smallest absolute Gasteiger partial charge is 0.247 e. The lowest BCUT2D eigenvalue weighted by atomic mass is 10.3. The second kappa shape index (κ2) is 3.28. The van der Waals surface area contributed by atoms with Crippen LogP contribution in [0.5, 0.6) is 0 Å². The predicted octanol–water partition coefficient (Wildman–Crippen LogP) is 0.274. The van der Waals surface area contributed by atoms with Crippen LogP contribution >= 0.6 is 0 Å². The number of sulfonamides is 1. The molecule has 2 aromatic rings. The lowest BCUT2D eigenvalue weighted by Gasteiger charge is -2.02. The maximum absolute atomic E-state index is 12.2. The Labute approximate surface area is 97.9 Å². The quantitative estimate of drug-likeness (QED) is 0.752. The zero-order valence-electron chi connectivity index (χ0n) is 9.03. The SMILES string of the molecule is C[C@@H]1[C@@H](O)N1S(=O)(=O)c1c[nH]c2ncccc12. The summed E-state index contributed by atoms with van der Waals surface area (Å²) in [6.45, 7) is 1.66. The van der Waals surface area contributed by atoms with Crippen molar-refractivity contribution in [3.8, 4) is 0 Å². The molecule has 1 unspecified atom stereocenters. The molecule has 1 saturated heterocycles. The Hall–Kier alpha value is -1.44. The molecule has 0 radical (unpaired) electrons. The minimum absolute atomic E-state index is 0.156. The summed E-state index contributed by atoms with van der Waals surface area (Å²) in [6.07, 6.45) is 2.08. The van der Waals surface area contributed by atoms with E-state index in [0.29, 0.717) is 11.0 Å². The molecular formula is C10H11N3O3S. The number of nitrogens with one attached hydrogen (secondary N) is 1. The fourth-order valence-electron chi connectivity index (χ4n) is 1.93. The number of rotatable bonds is 2. The van der Waals surface area contributed by atoms with Crippen LogP contribution in [-0.2, 0) is 10.0 Å². The molecule has 0 aromatic carbocycles. The first-order valence-electron chi connectivity index (χ1n) is 5.17. The lowest BCUT2D eigenvalue weighted by molar-refractivity contribution is 0.241. The van der Waals surface area contributed by atoms with Gasteiger partial charge in [-0.25, -0.2) is 13.4 Å². The van der Waals surface area contributed by atoms with Crippen molar-refractivity contribution in [1.29, 1.82) is 0 Å². The Bertz CT molecular complexity index is 671. The number of hydrogen-bond acceptors (Lipinski definition) is 4. The molecule has 1 aliphatic rings. The summed E-state index contributed by atoms with van der Waals surface area (Å²) in [7, 11) is -3.64. The van der Waals surface area contributed by atoms with Crippen LogP contribution in [0.15, 0.2) is 29.4 Å². The van der Waals surface area contributed by atoms with Crippen molar-refractivity contribution >= 4 is 21.1 Å². The summed E-state index contributed by atoms with van der Waals surface area (Å²) in [5.41, 5.74) is 0.523. The van der Waals surface area contributed by atoms with Gasteiger partial charge in [-0.2, -0.15) is 4.31 Å². The van der Waals surface area contributed by atoms with Crippen molar-refractivity contribution in [3.05, 3.63) is 24.5 Å². The number of aliphatic hydroxyl groups excluding tert-OH is 1. The van der Waals surface area contributed by atoms with Gasteiger partial charge >= 0.3 is 0 Å². The molecule has 90 valence electrons. The number of aromatic amines is 1. The highest BCUT2D eigenvalue weighted by atomic mass is 32.2. The number of aromatic nitrogens is 2. The molecule has 6 nitrogen and oxygen atoms in total. The van der Waals surface area contributed by atoms with Crippen LogP contribution in [0.25, 0.3) is 11.0 Å². The van der Waals surface area contributed by atoms with Crippen LogP contribution in [0.2, 0.25) is 0 Å². The van der Waals surface area contributed by atoms with E-state index in [1.165, 1.54) is 6.20 Å². The Balaban J connectivity index is 2.16. The lowest BCUT2D eigenvalue weighted by Crippen LogP contribution is -2.15. The summed E-state index contributed by atoms with van der Waals surface area (Å²) in [6, 6.07) is 3.01. The van der Waals surface area contributed by atoms with Crippen LogP contribution in [-0.4, -0.2) is 40.1 Å². The molecule has 0 bridgehead atoms. The first-order chi connectivity index (χ1) is 8.03. The van der Waals surface area contributed by atoms with E-state index in [2.05, 4.69) is 9.97 Å². The molecule has 0 spiro atoms. The van der Waals surface area contributed by atoms with E-state index in [9.17, 15) is 13.5 Å². The molecule has 0 aliphatic carbocycles. The number of H-pyrrole nitrogens is 1. The molecule has 7 heteroatoms. The Morgan fingerprint density at radius 1 is 1.53 bits per heavy atom. The summed E-state index contributed by atoms with van der Waals surface area (Å²) in [5, 5.41) is 9.96. The maximum Gasteiger partial charge on any atom is 0.247 e. The summed E-state index contributed by atoms with van der Waals surface area (Å²) in [5.74, 6) is 0. The van der Waals surface area contributed by atoms with Gasteiger partial charge in [0.2, 0.25) is 10.0 Å². The van der Waals surface area contributed by atoms with Crippen molar-refractivity contribution in [2.75, 3.05) is 0 Å². The average molecular weight is 253 g/mol. The van der Waals surface area contributed by atoms with Gasteiger partial charge in [-0.15, -0.1) is 0 Å². The standard InChI is InChI=1S/C10H11N3O3S/c1-6-10(14)13(6)17(15,16)8-5-12-9-7(8)3-2-4-11-9/h2-6,10,14H,1H3,(H,11,12)/t6-,10-,13?/m1/s1. The van der Waals surface area contributed by atoms with Crippen LogP contribution in [0.4, 0.5) is 0 Å². The van der Waals surface area contributed by atoms with E-state index in [1.54, 1.807) is 25.3 Å². The summed E-state index contributed by atoms with van der Waals surface area (Å²) in [4.78, 5) is 7.00. The highest BCUT2D eigenvalue weighted by Crippen LogP contribution is 2.35. The fraction of sp³-hybridized carbons (Fsp3) is 0.300. The van der Waals surface area contributed by atoms with Crippen LogP contribution < -0.4 is 0 Å². The van der Waals surface area contributed by atoms with Crippen LogP contribution in [0, 0.1) is 0 Å². The van der Waals surface area contributed by atoms with Crippen molar-refractivity contribution in [2.45, 2.75) is 24.1 Å². The van der Waals surface area contributed by atoms with Crippen LogP contribution in [0.1, 0.15) is 6.92 Å². The van der Waals surface area contributed by atoms with Gasteiger partial charge in [0.05, 0.1) is 6.04 Å². The molecule has 0 amide bonds. The predicted molar refractivity (Wildman–Crippen MR) is 60.6 cm³/mol. The average Bonchev–Trinajstić information content (AvgIpc) is 2.77. The first kappa shape index (κ1) is 10.7. The Morgan fingerprint density at radius 3 is 2.88 bits per heavy atom. The van der Waals surface area contributed by atoms with Gasteiger partial charge < -0.3 is 10.1 Å². The van der Waals surface area contributed by atoms with E-state index in [4.69, 9.17) is 0 Å². The van der Waals surface area contributed by atoms with Gasteiger partial charge in [-0.05, 0) is 19.1 Å². The number of aliphatic hydroxyl groups is 1. The zero-order chi connectivity index (χ0) is 12.2. The van der Waals surface area contributed by atoms with Gasteiger partial charge in [0, 0.05) is 17.8 Å². The number of nitrogens with zero attached hydrogens (tertiary/aromatic N) is 2. The molecule has 3 atom stereocenters. The molecule has 1 fully saturated rings. The second-order valence-electron chi connectivity index (χ2n) is 4.04. The largest absolute Gasteiger partial charge is 0.376 e. The van der Waals surface area contributed by atoms with E-state index in [-0.39, 0.29) is 10.9 Å². The summed E-state index contributed by atoms with van der Waals surface area (Å²) >= 11 is 0. The third-order valence-corrected chi connectivity index (χ3v) is 4.97. The highest BCUT2D eigenvalue weighted by molar-refractivity contribution is 7.89. The van der Waals surface area contributed by atoms with Gasteiger partial charge in [0.25, 0.3) is 0 Å². The number of hydrogen-bond donors (Lipinski definition) is 2. The van der Waals surface area contributed by atoms with Crippen LogP contribution in [0.3, 0.4) is 0 Å². The topological polar surface area (TPSA) is 86.1 Å².